The van der Waals surface area contributed by atoms with E-state index in [0.29, 0.717) is 25.9 Å². The van der Waals surface area contributed by atoms with Crippen LogP contribution in [0.25, 0.3) is 0 Å². The molecule has 39 heavy (non-hydrogen) atoms. The van der Waals surface area contributed by atoms with Crippen LogP contribution in [0.4, 0.5) is 26.7 Å². The summed E-state index contributed by atoms with van der Waals surface area (Å²) in [5, 5.41) is 2.88. The zero-order chi connectivity index (χ0) is 27.9. The van der Waals surface area contributed by atoms with Gasteiger partial charge in [-0.2, -0.15) is 13.2 Å². The van der Waals surface area contributed by atoms with E-state index in [9.17, 15) is 36.3 Å². The summed E-state index contributed by atoms with van der Waals surface area (Å²) in [4.78, 5) is 44.2. The Kier molecular flexibility index (Phi) is 7.34. The number of aromatic nitrogens is 2. The second-order valence-electron chi connectivity index (χ2n) is 10.4. The van der Waals surface area contributed by atoms with Crippen LogP contribution in [0.1, 0.15) is 61.1 Å². The van der Waals surface area contributed by atoms with Crippen molar-refractivity contribution in [2.75, 3.05) is 19.6 Å². The highest BCUT2D eigenvalue weighted by molar-refractivity contribution is 6.05. The van der Waals surface area contributed by atoms with Crippen LogP contribution in [0, 0.1) is 11.6 Å². The van der Waals surface area contributed by atoms with Gasteiger partial charge >= 0.3 is 12.2 Å². The normalized spacial score (nSPS) is 22.7. The van der Waals surface area contributed by atoms with Crippen molar-refractivity contribution in [1.29, 1.82) is 0 Å². The number of piperidine rings is 1. The Morgan fingerprint density at radius 1 is 1.08 bits per heavy atom. The van der Waals surface area contributed by atoms with Crippen molar-refractivity contribution in [2.24, 2.45) is 0 Å². The molecule has 13 heteroatoms. The molecule has 2 fully saturated rings. The summed E-state index contributed by atoms with van der Waals surface area (Å²) in [6.07, 6.45) is -3.18. The van der Waals surface area contributed by atoms with E-state index in [1.54, 1.807) is 9.80 Å². The Morgan fingerprint density at radius 2 is 1.82 bits per heavy atom. The third-order valence-corrected chi connectivity index (χ3v) is 7.80. The van der Waals surface area contributed by atoms with E-state index in [1.165, 1.54) is 16.7 Å². The summed E-state index contributed by atoms with van der Waals surface area (Å²) in [6.45, 7) is 0.730. The van der Waals surface area contributed by atoms with E-state index in [4.69, 9.17) is 0 Å². The first-order valence-corrected chi connectivity index (χ1v) is 12.9. The number of benzene rings is 1. The van der Waals surface area contributed by atoms with Crippen LogP contribution < -0.4 is 5.32 Å². The Labute approximate surface area is 221 Å². The molecule has 0 saturated carbocycles. The summed E-state index contributed by atoms with van der Waals surface area (Å²) in [6, 6.07) is 2.47. The number of imidazole rings is 1. The third-order valence-electron chi connectivity index (χ3n) is 7.80. The van der Waals surface area contributed by atoms with Crippen molar-refractivity contribution in [1.82, 2.24) is 24.7 Å². The van der Waals surface area contributed by atoms with Gasteiger partial charge in [0.2, 0.25) is 5.91 Å². The maximum absolute atomic E-state index is 14.6. The van der Waals surface area contributed by atoms with E-state index in [1.807, 2.05) is 0 Å². The van der Waals surface area contributed by atoms with Crippen LogP contribution >= 0.6 is 0 Å². The second-order valence-corrected chi connectivity index (χ2v) is 10.4. The molecule has 210 valence electrons. The first kappa shape index (κ1) is 27.1. The van der Waals surface area contributed by atoms with E-state index in [-0.39, 0.29) is 67.2 Å². The number of rotatable bonds is 4. The zero-order valence-corrected chi connectivity index (χ0v) is 21.0. The molecule has 1 aromatic heterocycles. The van der Waals surface area contributed by atoms with Crippen molar-refractivity contribution in [2.45, 2.75) is 69.2 Å². The van der Waals surface area contributed by atoms with Gasteiger partial charge < -0.3 is 19.7 Å². The Bertz CT molecular complexity index is 1270. The minimum atomic E-state index is -4.51. The fourth-order valence-corrected chi connectivity index (χ4v) is 5.86. The maximum atomic E-state index is 14.6. The lowest BCUT2D eigenvalue weighted by atomic mass is 9.92. The van der Waals surface area contributed by atoms with Gasteiger partial charge in [0.1, 0.15) is 5.82 Å². The molecule has 0 bridgehead atoms. The predicted octanol–water partition coefficient (Wildman–Crippen LogP) is 3.86. The number of alkyl halides is 3. The standard InChI is InChI=1S/C26H28F5N5O3/c27-20-3-1-2-19(23(20)28)15-4-5-21(24-32-12-17(36(24)13-15)11-26(29,30)31)33-25(39)34-8-6-16(7-9-34)35-14-18(37)10-22(35)38/h1-3,12,15-16,21H,4-11,13-14H2,(H,33,39)/t15-,21-/m1/s1. The first-order valence-electron chi connectivity index (χ1n) is 12.9. The van der Waals surface area contributed by atoms with Gasteiger partial charge in [0, 0.05) is 43.5 Å². The number of halogens is 5. The Balaban J connectivity index is 1.32. The third kappa shape index (κ3) is 5.76. The number of Topliss-reactive ketones (excluding diaryl/α,β-unsaturated/α-hetero) is 1. The average Bonchev–Trinajstić information content (AvgIpc) is 3.36. The van der Waals surface area contributed by atoms with Gasteiger partial charge in [0.15, 0.2) is 17.4 Å². The van der Waals surface area contributed by atoms with Crippen molar-refractivity contribution in [3.8, 4) is 0 Å². The molecule has 4 heterocycles. The molecule has 1 N–H and O–H groups in total. The fraction of sp³-hybridized carbons (Fsp3) is 0.538. The summed E-state index contributed by atoms with van der Waals surface area (Å²) in [5.74, 6) is -2.79. The highest BCUT2D eigenvalue weighted by atomic mass is 19.4. The zero-order valence-electron chi connectivity index (χ0n) is 21.0. The van der Waals surface area contributed by atoms with E-state index in [2.05, 4.69) is 10.3 Å². The maximum Gasteiger partial charge on any atom is 0.394 e. The average molecular weight is 554 g/mol. The van der Waals surface area contributed by atoms with Gasteiger partial charge in [0.05, 0.1) is 25.4 Å². The van der Waals surface area contributed by atoms with Gasteiger partial charge in [-0.05, 0) is 37.3 Å². The number of carbonyl (C=O) groups is 3. The molecular formula is C26H28F5N5O3. The number of ketones is 1. The predicted molar refractivity (Wildman–Crippen MR) is 128 cm³/mol. The molecule has 3 aliphatic rings. The van der Waals surface area contributed by atoms with Crippen LogP contribution in [0.5, 0.6) is 0 Å². The highest BCUT2D eigenvalue weighted by Crippen LogP contribution is 2.36. The van der Waals surface area contributed by atoms with E-state index >= 15 is 0 Å². The van der Waals surface area contributed by atoms with Crippen LogP contribution in [0.2, 0.25) is 0 Å². The molecule has 8 nitrogen and oxygen atoms in total. The van der Waals surface area contributed by atoms with Gasteiger partial charge in [0.25, 0.3) is 0 Å². The summed E-state index contributed by atoms with van der Waals surface area (Å²) in [7, 11) is 0. The van der Waals surface area contributed by atoms with Crippen molar-refractivity contribution in [3.05, 3.63) is 53.1 Å². The molecule has 0 radical (unpaired) electrons. The number of hydrogen-bond acceptors (Lipinski definition) is 4. The number of nitrogens with zero attached hydrogens (tertiary/aromatic N) is 4. The number of fused-ring (bicyclic) bond motifs is 1. The van der Waals surface area contributed by atoms with Crippen LogP contribution in [0.15, 0.2) is 24.4 Å². The molecule has 3 aliphatic heterocycles. The summed E-state index contributed by atoms with van der Waals surface area (Å²) >= 11 is 0. The van der Waals surface area contributed by atoms with Gasteiger partial charge in [-0.15, -0.1) is 0 Å². The minimum absolute atomic E-state index is 0.0402. The van der Waals surface area contributed by atoms with Crippen LogP contribution in [-0.4, -0.2) is 68.9 Å². The molecule has 1 aromatic carbocycles. The molecular weight excluding hydrogens is 525 g/mol. The van der Waals surface area contributed by atoms with E-state index in [0.717, 1.165) is 12.3 Å². The first-order chi connectivity index (χ1) is 18.5. The molecule has 5 rings (SSSR count). The van der Waals surface area contributed by atoms with E-state index < -0.39 is 42.2 Å². The van der Waals surface area contributed by atoms with Gasteiger partial charge in [-0.3, -0.25) is 9.59 Å². The smallest absolute Gasteiger partial charge is 0.332 e. The second kappa shape index (κ2) is 10.6. The van der Waals surface area contributed by atoms with Crippen molar-refractivity contribution >= 4 is 17.7 Å². The Hall–Kier alpha value is -3.51. The topological polar surface area (TPSA) is 87.5 Å². The fourth-order valence-electron chi connectivity index (χ4n) is 5.86. The Morgan fingerprint density at radius 3 is 2.49 bits per heavy atom. The monoisotopic (exact) mass is 553 g/mol. The lowest BCUT2D eigenvalue weighted by Gasteiger charge is -2.36. The quantitative estimate of drug-likeness (QED) is 0.460. The minimum Gasteiger partial charge on any atom is -0.332 e. The number of nitrogens with one attached hydrogen (secondary N) is 1. The lowest BCUT2D eigenvalue weighted by Crippen LogP contribution is -2.50. The van der Waals surface area contributed by atoms with Crippen LogP contribution in [0.3, 0.4) is 0 Å². The van der Waals surface area contributed by atoms with Crippen molar-refractivity contribution < 1.29 is 36.3 Å². The largest absolute Gasteiger partial charge is 0.394 e. The molecule has 2 atom stereocenters. The number of urea groups is 1. The molecule has 2 aromatic rings. The van der Waals surface area contributed by atoms with Crippen molar-refractivity contribution in [3.63, 3.8) is 0 Å². The molecule has 0 aliphatic carbocycles. The lowest BCUT2D eigenvalue weighted by molar-refractivity contribution is -0.130. The number of hydrogen-bond donors (Lipinski definition) is 1. The van der Waals surface area contributed by atoms with Crippen LogP contribution in [-0.2, 0) is 22.6 Å². The summed E-state index contributed by atoms with van der Waals surface area (Å²) in [5.41, 5.74) is -0.0531. The molecule has 0 unspecified atom stereocenters. The number of likely N-dealkylation sites (tertiary alicyclic amines) is 2. The highest BCUT2D eigenvalue weighted by Gasteiger charge is 2.37. The SMILES string of the molecule is O=C1CC(=O)N(C2CCN(C(=O)N[C@@H]3CC[C@@H](c4cccc(F)c4F)Cn4c(CC(F)(F)F)cnc43)CC2)C1. The molecule has 2 saturated heterocycles. The summed E-state index contributed by atoms with van der Waals surface area (Å²) < 4.78 is 69.8. The van der Waals surface area contributed by atoms with Gasteiger partial charge in [-0.1, -0.05) is 12.1 Å². The molecule has 3 amide bonds. The number of carbonyl (C=O) groups excluding carboxylic acids is 3. The van der Waals surface area contributed by atoms with Gasteiger partial charge in [-0.25, -0.2) is 18.6 Å². The number of amides is 3. The molecule has 0 spiro atoms.